The smallest absolute Gasteiger partial charge is 0.225 e. The Hall–Kier alpha value is -3.16. The van der Waals surface area contributed by atoms with Crippen molar-refractivity contribution in [3.63, 3.8) is 0 Å². The van der Waals surface area contributed by atoms with Gasteiger partial charge in [0.05, 0.1) is 18.9 Å². The first-order valence-electron chi connectivity index (χ1n) is 12.4. The molecule has 2 N–H and O–H groups in total. The molecule has 0 spiro atoms. The molecule has 0 radical (unpaired) electrons. The fraction of sp³-hybridized carbons (Fsp3) is 0.429. The summed E-state index contributed by atoms with van der Waals surface area (Å²) in [6.07, 6.45) is 3.92. The number of nitrogens with two attached hydrogens (primary N) is 1. The first-order chi connectivity index (χ1) is 17.0. The van der Waals surface area contributed by atoms with Crippen LogP contribution in [-0.2, 0) is 16.8 Å². The van der Waals surface area contributed by atoms with Gasteiger partial charge >= 0.3 is 0 Å². The van der Waals surface area contributed by atoms with Crippen LogP contribution < -0.4 is 20.1 Å². The number of aromatic nitrogens is 2. The summed E-state index contributed by atoms with van der Waals surface area (Å²) in [5.41, 5.74) is 9.04. The normalized spacial score (nSPS) is 20.3. The van der Waals surface area contributed by atoms with E-state index >= 15 is 0 Å². The molecule has 0 atom stereocenters. The molecule has 1 aliphatic heterocycles. The van der Waals surface area contributed by atoms with E-state index in [4.69, 9.17) is 19.9 Å². The Kier molecular flexibility index (Phi) is 6.88. The van der Waals surface area contributed by atoms with Crippen molar-refractivity contribution in [1.82, 2.24) is 9.97 Å². The molecule has 7 nitrogen and oxygen atoms in total. The fourth-order valence-electron chi connectivity index (χ4n) is 4.52. The Balaban J connectivity index is 1.19. The van der Waals surface area contributed by atoms with Gasteiger partial charge in [-0.2, -0.15) is 0 Å². The summed E-state index contributed by atoms with van der Waals surface area (Å²) in [5, 5.41) is 0. The highest BCUT2D eigenvalue weighted by Gasteiger charge is 2.28. The third-order valence-corrected chi connectivity index (χ3v) is 6.97. The molecule has 2 heterocycles. The summed E-state index contributed by atoms with van der Waals surface area (Å²) in [6.45, 7) is 7.91. The summed E-state index contributed by atoms with van der Waals surface area (Å²) in [6, 6.07) is 18.9. The van der Waals surface area contributed by atoms with Crippen LogP contribution >= 0.6 is 0 Å². The van der Waals surface area contributed by atoms with Gasteiger partial charge in [-0.05, 0) is 54.3 Å². The SMILES string of the molecule is CC(C)(c1ccc(OCc2ccnc(N3CCOCC3)n2)cc1)c1ccc(O[C@H]2C[C@H](N)C2)cc1. The molecule has 2 aliphatic rings. The van der Waals surface area contributed by atoms with E-state index in [9.17, 15) is 0 Å². The molecule has 1 saturated heterocycles. The molecule has 1 aliphatic carbocycles. The predicted octanol–water partition coefficient (Wildman–Crippen LogP) is 4.09. The van der Waals surface area contributed by atoms with Crippen LogP contribution in [0.3, 0.4) is 0 Å². The van der Waals surface area contributed by atoms with Gasteiger partial charge in [0.2, 0.25) is 5.95 Å². The second kappa shape index (κ2) is 10.2. The predicted molar refractivity (Wildman–Crippen MR) is 136 cm³/mol. The number of benzene rings is 2. The van der Waals surface area contributed by atoms with Gasteiger partial charge in [-0.1, -0.05) is 38.1 Å². The van der Waals surface area contributed by atoms with Gasteiger partial charge in [-0.15, -0.1) is 0 Å². The molecule has 0 bridgehead atoms. The number of anilines is 1. The molecule has 184 valence electrons. The van der Waals surface area contributed by atoms with Gasteiger partial charge in [0, 0.05) is 30.7 Å². The fourth-order valence-corrected chi connectivity index (χ4v) is 4.52. The molecule has 0 amide bonds. The van der Waals surface area contributed by atoms with Crippen molar-refractivity contribution in [3.8, 4) is 11.5 Å². The molecule has 35 heavy (non-hydrogen) atoms. The van der Waals surface area contributed by atoms with E-state index < -0.39 is 0 Å². The quantitative estimate of drug-likeness (QED) is 0.527. The highest BCUT2D eigenvalue weighted by atomic mass is 16.5. The Morgan fingerprint density at radius 1 is 0.943 bits per heavy atom. The zero-order valence-electron chi connectivity index (χ0n) is 20.5. The minimum Gasteiger partial charge on any atom is -0.490 e. The maximum Gasteiger partial charge on any atom is 0.225 e. The maximum atomic E-state index is 6.03. The van der Waals surface area contributed by atoms with Crippen molar-refractivity contribution in [3.05, 3.63) is 77.6 Å². The van der Waals surface area contributed by atoms with Gasteiger partial charge in [0.25, 0.3) is 0 Å². The Morgan fingerprint density at radius 2 is 1.57 bits per heavy atom. The summed E-state index contributed by atoms with van der Waals surface area (Å²) >= 11 is 0. The average molecular weight is 475 g/mol. The second-order valence-electron chi connectivity index (χ2n) is 9.88. The second-order valence-corrected chi connectivity index (χ2v) is 9.88. The highest BCUT2D eigenvalue weighted by Crippen LogP contribution is 2.34. The highest BCUT2D eigenvalue weighted by molar-refractivity contribution is 5.42. The molecule has 2 fully saturated rings. The lowest BCUT2D eigenvalue weighted by Crippen LogP contribution is -2.43. The number of morpholine rings is 1. The van der Waals surface area contributed by atoms with Gasteiger partial charge in [-0.3, -0.25) is 0 Å². The Morgan fingerprint density at radius 3 is 2.20 bits per heavy atom. The molecule has 7 heteroatoms. The van der Waals surface area contributed by atoms with Crippen LogP contribution in [0.4, 0.5) is 5.95 Å². The molecular weight excluding hydrogens is 440 g/mol. The number of nitrogens with zero attached hydrogens (tertiary/aromatic N) is 3. The van der Waals surface area contributed by atoms with Crippen LogP contribution in [0, 0.1) is 0 Å². The number of hydrogen-bond donors (Lipinski definition) is 1. The first kappa shape index (κ1) is 23.6. The molecule has 1 saturated carbocycles. The van der Waals surface area contributed by atoms with E-state index in [1.54, 1.807) is 6.20 Å². The first-order valence-corrected chi connectivity index (χ1v) is 12.4. The lowest BCUT2D eigenvalue weighted by Gasteiger charge is -2.33. The minimum atomic E-state index is -0.143. The van der Waals surface area contributed by atoms with Crippen molar-refractivity contribution in [2.24, 2.45) is 5.73 Å². The van der Waals surface area contributed by atoms with Crippen LogP contribution in [0.2, 0.25) is 0 Å². The van der Waals surface area contributed by atoms with E-state index in [0.29, 0.717) is 25.9 Å². The Labute approximate surface area is 207 Å². The van der Waals surface area contributed by atoms with E-state index in [0.717, 1.165) is 49.1 Å². The Bertz CT molecular complexity index is 1110. The van der Waals surface area contributed by atoms with Crippen LogP contribution in [-0.4, -0.2) is 48.4 Å². The standard InChI is InChI=1S/C28H34N4O3/c1-28(2,21-5-9-25(10-6-21)35-26-17-22(29)18-26)20-3-7-24(8-4-20)34-19-23-11-12-30-27(31-23)32-13-15-33-16-14-32/h3-12,22,26H,13-19,29H2,1-2H3/t22-,26-. The van der Waals surface area contributed by atoms with E-state index in [1.807, 2.05) is 18.2 Å². The summed E-state index contributed by atoms with van der Waals surface area (Å²) in [7, 11) is 0. The molecular formula is C28H34N4O3. The van der Waals surface area contributed by atoms with Crippen molar-refractivity contribution < 1.29 is 14.2 Å². The number of hydrogen-bond acceptors (Lipinski definition) is 7. The van der Waals surface area contributed by atoms with Crippen molar-refractivity contribution in [2.45, 2.75) is 50.9 Å². The molecule has 0 unspecified atom stereocenters. The topological polar surface area (TPSA) is 82.7 Å². The molecule has 5 rings (SSSR count). The van der Waals surface area contributed by atoms with E-state index in [-0.39, 0.29) is 11.5 Å². The largest absolute Gasteiger partial charge is 0.490 e. The zero-order chi connectivity index (χ0) is 24.3. The van der Waals surface area contributed by atoms with Crippen molar-refractivity contribution >= 4 is 5.95 Å². The van der Waals surface area contributed by atoms with Crippen LogP contribution in [0.5, 0.6) is 11.5 Å². The zero-order valence-corrected chi connectivity index (χ0v) is 20.5. The number of rotatable bonds is 8. The minimum absolute atomic E-state index is 0.143. The third-order valence-electron chi connectivity index (χ3n) is 6.97. The van der Waals surface area contributed by atoms with E-state index in [2.05, 4.69) is 65.1 Å². The van der Waals surface area contributed by atoms with E-state index in [1.165, 1.54) is 11.1 Å². The third kappa shape index (κ3) is 5.57. The molecule has 1 aromatic heterocycles. The molecule has 2 aromatic carbocycles. The monoisotopic (exact) mass is 474 g/mol. The van der Waals surface area contributed by atoms with Crippen LogP contribution in [0.15, 0.2) is 60.8 Å². The van der Waals surface area contributed by atoms with Gasteiger partial charge in [-0.25, -0.2) is 9.97 Å². The van der Waals surface area contributed by atoms with Gasteiger partial charge < -0.3 is 24.8 Å². The van der Waals surface area contributed by atoms with Gasteiger partial charge in [0.1, 0.15) is 24.2 Å². The summed E-state index contributed by atoms with van der Waals surface area (Å²) in [5.74, 6) is 2.46. The summed E-state index contributed by atoms with van der Waals surface area (Å²) < 4.78 is 17.4. The van der Waals surface area contributed by atoms with Crippen LogP contribution in [0.1, 0.15) is 43.5 Å². The molecule has 3 aromatic rings. The average Bonchev–Trinajstić information content (AvgIpc) is 2.88. The van der Waals surface area contributed by atoms with Crippen LogP contribution in [0.25, 0.3) is 0 Å². The van der Waals surface area contributed by atoms with Crippen molar-refractivity contribution in [1.29, 1.82) is 0 Å². The summed E-state index contributed by atoms with van der Waals surface area (Å²) in [4.78, 5) is 11.2. The number of ether oxygens (including phenoxy) is 3. The maximum absolute atomic E-state index is 6.03. The van der Waals surface area contributed by atoms with Gasteiger partial charge in [0.15, 0.2) is 0 Å². The lowest BCUT2D eigenvalue weighted by molar-refractivity contribution is 0.101. The van der Waals surface area contributed by atoms with Crippen molar-refractivity contribution in [2.75, 3.05) is 31.2 Å². The lowest BCUT2D eigenvalue weighted by atomic mass is 9.78.